The number of hydrogen-bond donors (Lipinski definition) is 2. The average molecular weight is 389 g/mol. The summed E-state index contributed by atoms with van der Waals surface area (Å²) in [6, 6.07) is 7.10. The number of benzene rings is 1. The van der Waals surface area contributed by atoms with Crippen LogP contribution in [0.3, 0.4) is 0 Å². The molecule has 1 fully saturated rings. The van der Waals surface area contributed by atoms with E-state index in [9.17, 15) is 14.4 Å². The summed E-state index contributed by atoms with van der Waals surface area (Å²) in [7, 11) is 1.59. The standard InChI is InChI=1S/C21H31N3O4/c1-4-6-13-24-19(26)12-11-16(21(27)23-14-18(25)22-5-2)20(24)15-9-7-8-10-17(15)28-3/h7-10,16,20H,4-6,11-14H2,1-3H3,(H,22,25)(H,23,27)/t16-,20+/m1/s1. The fourth-order valence-electron chi connectivity index (χ4n) is 3.67. The van der Waals surface area contributed by atoms with Gasteiger partial charge in [0.25, 0.3) is 0 Å². The van der Waals surface area contributed by atoms with Crippen molar-refractivity contribution in [3.8, 4) is 5.75 Å². The van der Waals surface area contributed by atoms with Crippen LogP contribution in [-0.2, 0) is 14.4 Å². The number of likely N-dealkylation sites (tertiary alicyclic amines) is 1. The summed E-state index contributed by atoms with van der Waals surface area (Å²) < 4.78 is 5.51. The molecule has 1 aliphatic heterocycles. The van der Waals surface area contributed by atoms with E-state index in [4.69, 9.17) is 4.74 Å². The van der Waals surface area contributed by atoms with Gasteiger partial charge in [-0.3, -0.25) is 14.4 Å². The van der Waals surface area contributed by atoms with Crippen molar-refractivity contribution in [1.82, 2.24) is 15.5 Å². The molecule has 0 spiro atoms. The van der Waals surface area contributed by atoms with Crippen LogP contribution in [0, 0.1) is 5.92 Å². The van der Waals surface area contributed by atoms with Gasteiger partial charge in [0.1, 0.15) is 5.75 Å². The maximum absolute atomic E-state index is 12.9. The summed E-state index contributed by atoms with van der Waals surface area (Å²) in [5.41, 5.74) is 0.826. The molecule has 1 saturated heterocycles. The van der Waals surface area contributed by atoms with E-state index in [1.165, 1.54) is 0 Å². The SMILES string of the molecule is CCCCN1C(=O)CC[C@@H](C(=O)NCC(=O)NCC)[C@@H]1c1ccccc1OC. The zero-order chi connectivity index (χ0) is 20.5. The Morgan fingerprint density at radius 2 is 1.96 bits per heavy atom. The van der Waals surface area contributed by atoms with Crippen LogP contribution in [0.4, 0.5) is 0 Å². The molecular weight excluding hydrogens is 358 g/mol. The van der Waals surface area contributed by atoms with Gasteiger partial charge < -0.3 is 20.3 Å². The Balaban J connectivity index is 2.31. The number of hydrogen-bond acceptors (Lipinski definition) is 4. The van der Waals surface area contributed by atoms with E-state index in [2.05, 4.69) is 17.6 Å². The molecular formula is C21H31N3O4. The normalized spacial score (nSPS) is 19.2. The van der Waals surface area contributed by atoms with Crippen molar-refractivity contribution in [2.75, 3.05) is 26.7 Å². The van der Waals surface area contributed by atoms with E-state index in [-0.39, 0.29) is 24.3 Å². The third-order valence-electron chi connectivity index (χ3n) is 5.05. The van der Waals surface area contributed by atoms with E-state index < -0.39 is 12.0 Å². The maximum atomic E-state index is 12.9. The van der Waals surface area contributed by atoms with Crippen LogP contribution in [0.5, 0.6) is 5.75 Å². The number of para-hydroxylation sites is 1. The maximum Gasteiger partial charge on any atom is 0.239 e. The number of carbonyl (C=O) groups is 3. The number of piperidine rings is 1. The number of unbranched alkanes of at least 4 members (excludes halogenated alkanes) is 1. The predicted molar refractivity (Wildman–Crippen MR) is 107 cm³/mol. The van der Waals surface area contributed by atoms with Gasteiger partial charge in [0, 0.05) is 25.1 Å². The van der Waals surface area contributed by atoms with Crippen LogP contribution < -0.4 is 15.4 Å². The molecule has 3 amide bonds. The molecule has 1 heterocycles. The van der Waals surface area contributed by atoms with E-state index in [0.717, 1.165) is 18.4 Å². The highest BCUT2D eigenvalue weighted by Crippen LogP contribution is 2.40. The molecule has 2 atom stereocenters. The second kappa shape index (κ2) is 10.7. The van der Waals surface area contributed by atoms with Crippen LogP contribution in [0.25, 0.3) is 0 Å². The number of ether oxygens (including phenoxy) is 1. The minimum absolute atomic E-state index is 0.0529. The van der Waals surface area contributed by atoms with Crippen molar-refractivity contribution in [3.05, 3.63) is 29.8 Å². The molecule has 7 nitrogen and oxygen atoms in total. The molecule has 0 unspecified atom stereocenters. The zero-order valence-corrected chi connectivity index (χ0v) is 17.0. The zero-order valence-electron chi connectivity index (χ0n) is 17.0. The van der Waals surface area contributed by atoms with Gasteiger partial charge in [0.2, 0.25) is 17.7 Å². The van der Waals surface area contributed by atoms with Gasteiger partial charge in [-0.1, -0.05) is 31.5 Å². The van der Waals surface area contributed by atoms with Gasteiger partial charge in [-0.25, -0.2) is 0 Å². The number of nitrogens with zero attached hydrogens (tertiary/aromatic N) is 1. The lowest BCUT2D eigenvalue weighted by molar-refractivity contribution is -0.144. The van der Waals surface area contributed by atoms with Crippen molar-refractivity contribution in [2.45, 2.75) is 45.6 Å². The molecule has 0 bridgehead atoms. The third kappa shape index (κ3) is 5.24. The van der Waals surface area contributed by atoms with Crippen molar-refractivity contribution >= 4 is 17.7 Å². The quantitative estimate of drug-likeness (QED) is 0.676. The number of methoxy groups -OCH3 is 1. The number of rotatable bonds is 9. The molecule has 28 heavy (non-hydrogen) atoms. The average Bonchev–Trinajstić information content (AvgIpc) is 2.71. The smallest absolute Gasteiger partial charge is 0.239 e. The highest BCUT2D eigenvalue weighted by atomic mass is 16.5. The Morgan fingerprint density at radius 1 is 1.21 bits per heavy atom. The molecule has 1 aromatic rings. The van der Waals surface area contributed by atoms with Gasteiger partial charge >= 0.3 is 0 Å². The molecule has 1 aromatic carbocycles. The highest BCUT2D eigenvalue weighted by molar-refractivity contribution is 5.88. The fourth-order valence-corrected chi connectivity index (χ4v) is 3.67. The molecule has 154 valence electrons. The van der Waals surface area contributed by atoms with Crippen LogP contribution in [0.15, 0.2) is 24.3 Å². The summed E-state index contributed by atoms with van der Waals surface area (Å²) in [5.74, 6) is -0.154. The third-order valence-corrected chi connectivity index (χ3v) is 5.05. The monoisotopic (exact) mass is 389 g/mol. The summed E-state index contributed by atoms with van der Waals surface area (Å²) in [5, 5.41) is 5.41. The number of carbonyl (C=O) groups excluding carboxylic acids is 3. The van der Waals surface area contributed by atoms with Gasteiger partial charge in [-0.05, 0) is 25.8 Å². The van der Waals surface area contributed by atoms with Gasteiger partial charge in [-0.15, -0.1) is 0 Å². The first-order valence-electron chi connectivity index (χ1n) is 10.00. The Kier molecular flexibility index (Phi) is 8.29. The molecule has 2 rings (SSSR count). The lowest BCUT2D eigenvalue weighted by atomic mass is 9.83. The van der Waals surface area contributed by atoms with Gasteiger partial charge in [0.05, 0.1) is 25.6 Å². The largest absolute Gasteiger partial charge is 0.496 e. The van der Waals surface area contributed by atoms with E-state index in [0.29, 0.717) is 31.7 Å². The predicted octanol–water partition coefficient (Wildman–Crippen LogP) is 2.03. The minimum atomic E-state index is -0.430. The van der Waals surface area contributed by atoms with Crippen molar-refractivity contribution in [2.24, 2.45) is 5.92 Å². The summed E-state index contributed by atoms with van der Waals surface area (Å²) in [6.07, 6.45) is 2.60. The Labute approximate surface area is 166 Å². The van der Waals surface area contributed by atoms with Crippen molar-refractivity contribution in [1.29, 1.82) is 0 Å². The van der Waals surface area contributed by atoms with Crippen LogP contribution >= 0.6 is 0 Å². The van der Waals surface area contributed by atoms with E-state index in [1.807, 2.05) is 31.2 Å². The molecule has 0 aliphatic carbocycles. The lowest BCUT2D eigenvalue weighted by Crippen LogP contribution is -2.49. The fraction of sp³-hybridized carbons (Fsp3) is 0.571. The number of nitrogens with one attached hydrogen (secondary N) is 2. The first-order valence-corrected chi connectivity index (χ1v) is 10.00. The van der Waals surface area contributed by atoms with Crippen LogP contribution in [0.2, 0.25) is 0 Å². The first-order chi connectivity index (χ1) is 13.5. The summed E-state index contributed by atoms with van der Waals surface area (Å²) in [4.78, 5) is 39.2. The molecule has 0 radical (unpaired) electrons. The van der Waals surface area contributed by atoms with E-state index >= 15 is 0 Å². The lowest BCUT2D eigenvalue weighted by Gasteiger charge is -2.41. The van der Waals surface area contributed by atoms with Crippen molar-refractivity contribution < 1.29 is 19.1 Å². The highest BCUT2D eigenvalue weighted by Gasteiger charge is 2.41. The molecule has 2 N–H and O–H groups in total. The molecule has 7 heteroatoms. The van der Waals surface area contributed by atoms with Gasteiger partial charge in [0.15, 0.2) is 0 Å². The summed E-state index contributed by atoms with van der Waals surface area (Å²) >= 11 is 0. The Morgan fingerprint density at radius 3 is 2.64 bits per heavy atom. The first kappa shape index (κ1) is 21.7. The number of likely N-dealkylation sites (N-methyl/N-ethyl adjacent to an activating group) is 1. The second-order valence-corrected chi connectivity index (χ2v) is 6.94. The van der Waals surface area contributed by atoms with Gasteiger partial charge in [-0.2, -0.15) is 0 Å². The number of amides is 3. The van der Waals surface area contributed by atoms with Crippen LogP contribution in [-0.4, -0.2) is 49.4 Å². The second-order valence-electron chi connectivity index (χ2n) is 6.94. The summed E-state index contributed by atoms with van der Waals surface area (Å²) in [6.45, 7) is 4.95. The topological polar surface area (TPSA) is 87.7 Å². The van der Waals surface area contributed by atoms with Crippen LogP contribution in [0.1, 0.15) is 51.1 Å². The molecule has 1 aliphatic rings. The Bertz CT molecular complexity index is 692. The minimum Gasteiger partial charge on any atom is -0.496 e. The molecule has 0 saturated carbocycles. The van der Waals surface area contributed by atoms with Crippen molar-refractivity contribution in [3.63, 3.8) is 0 Å². The Hall–Kier alpha value is -2.57. The molecule has 0 aromatic heterocycles. The van der Waals surface area contributed by atoms with E-state index in [1.54, 1.807) is 12.0 Å².